The van der Waals surface area contributed by atoms with Crippen LogP contribution in [-0.2, 0) is 4.79 Å². The van der Waals surface area contributed by atoms with Gasteiger partial charge in [0.25, 0.3) is 0 Å². The van der Waals surface area contributed by atoms with Crippen molar-refractivity contribution in [2.24, 2.45) is 0 Å². The molecule has 0 aliphatic rings. The van der Waals surface area contributed by atoms with Crippen LogP contribution in [0.3, 0.4) is 0 Å². The number of hydrogen-bond acceptors (Lipinski definition) is 4. The van der Waals surface area contributed by atoms with E-state index in [0.29, 0.717) is 5.16 Å². The average Bonchev–Trinajstić information content (AvgIpc) is 2.42. The van der Waals surface area contributed by atoms with E-state index in [9.17, 15) is 9.18 Å². The molecule has 0 aliphatic carbocycles. The van der Waals surface area contributed by atoms with E-state index in [-0.39, 0.29) is 11.6 Å². The number of para-hydroxylation sites is 1. The molecule has 0 fully saturated rings. The lowest BCUT2D eigenvalue weighted by Crippen LogP contribution is -2.23. The minimum Gasteiger partial charge on any atom is -0.323 e. The van der Waals surface area contributed by atoms with Gasteiger partial charge in [-0.2, -0.15) is 0 Å². The number of amides is 1. The van der Waals surface area contributed by atoms with Gasteiger partial charge in [-0.05, 0) is 25.1 Å². The topological polar surface area (TPSA) is 54.9 Å². The van der Waals surface area contributed by atoms with Gasteiger partial charge in [0.15, 0.2) is 5.16 Å². The average molecular weight is 277 g/mol. The molecule has 1 heterocycles. The van der Waals surface area contributed by atoms with E-state index in [0.717, 1.165) is 0 Å². The summed E-state index contributed by atoms with van der Waals surface area (Å²) in [6.45, 7) is 1.72. The van der Waals surface area contributed by atoms with Crippen LogP contribution in [0.2, 0.25) is 0 Å². The van der Waals surface area contributed by atoms with E-state index in [1.54, 1.807) is 37.5 Å². The van der Waals surface area contributed by atoms with E-state index in [2.05, 4.69) is 15.3 Å². The number of nitrogens with one attached hydrogen (secondary N) is 1. The Kier molecular flexibility index (Phi) is 4.46. The van der Waals surface area contributed by atoms with Crippen LogP contribution in [0.4, 0.5) is 10.1 Å². The van der Waals surface area contributed by atoms with Crippen molar-refractivity contribution in [3.8, 4) is 0 Å². The second-order valence-corrected chi connectivity index (χ2v) is 5.07. The molecular formula is C13H12FN3OS. The van der Waals surface area contributed by atoms with Crippen LogP contribution in [0, 0.1) is 5.82 Å². The predicted octanol–water partition coefficient (Wildman–Crippen LogP) is 2.74. The zero-order valence-corrected chi connectivity index (χ0v) is 11.0. The quantitative estimate of drug-likeness (QED) is 0.689. The number of thioether (sulfide) groups is 1. The van der Waals surface area contributed by atoms with Crippen molar-refractivity contribution >= 4 is 23.4 Å². The van der Waals surface area contributed by atoms with Crippen molar-refractivity contribution < 1.29 is 9.18 Å². The molecule has 98 valence electrons. The van der Waals surface area contributed by atoms with Gasteiger partial charge in [0, 0.05) is 12.4 Å². The van der Waals surface area contributed by atoms with Gasteiger partial charge in [0.1, 0.15) is 5.82 Å². The Morgan fingerprint density at radius 2 is 1.95 bits per heavy atom. The molecule has 1 amide bonds. The number of rotatable bonds is 4. The van der Waals surface area contributed by atoms with Crippen molar-refractivity contribution in [2.75, 3.05) is 5.32 Å². The van der Waals surface area contributed by atoms with Gasteiger partial charge in [0.05, 0.1) is 10.9 Å². The molecular weight excluding hydrogens is 265 g/mol. The summed E-state index contributed by atoms with van der Waals surface area (Å²) in [4.78, 5) is 20.0. The minimum absolute atomic E-state index is 0.175. The first-order chi connectivity index (χ1) is 9.16. The standard InChI is InChI=1S/C13H12FN3OS/c1-9(19-13-15-7-4-8-16-13)12(18)17-11-6-3-2-5-10(11)14/h2-9H,1H3,(H,17,18)/t9-/m1/s1. The molecule has 1 N–H and O–H groups in total. The van der Waals surface area contributed by atoms with E-state index >= 15 is 0 Å². The molecule has 6 heteroatoms. The zero-order valence-electron chi connectivity index (χ0n) is 10.2. The molecule has 0 saturated carbocycles. The summed E-state index contributed by atoms with van der Waals surface area (Å²) >= 11 is 1.22. The van der Waals surface area contributed by atoms with Gasteiger partial charge in [-0.1, -0.05) is 23.9 Å². The van der Waals surface area contributed by atoms with E-state index in [4.69, 9.17) is 0 Å². The molecule has 1 aromatic carbocycles. The number of halogens is 1. The maximum absolute atomic E-state index is 13.4. The largest absolute Gasteiger partial charge is 0.323 e. The summed E-state index contributed by atoms with van der Waals surface area (Å²) in [7, 11) is 0. The highest BCUT2D eigenvalue weighted by atomic mass is 32.2. The Morgan fingerprint density at radius 1 is 1.26 bits per heavy atom. The van der Waals surface area contributed by atoms with Crippen LogP contribution in [0.5, 0.6) is 0 Å². The Labute approximate surface area is 114 Å². The summed E-state index contributed by atoms with van der Waals surface area (Å²) in [5.74, 6) is -0.744. The third-order valence-corrected chi connectivity index (χ3v) is 3.31. The van der Waals surface area contributed by atoms with Crippen molar-refractivity contribution in [3.05, 3.63) is 48.5 Å². The molecule has 1 atom stereocenters. The molecule has 19 heavy (non-hydrogen) atoms. The van der Waals surface area contributed by atoms with Gasteiger partial charge in [0.2, 0.25) is 5.91 Å². The first-order valence-electron chi connectivity index (χ1n) is 5.66. The lowest BCUT2D eigenvalue weighted by Gasteiger charge is -2.11. The number of aromatic nitrogens is 2. The fourth-order valence-corrected chi connectivity index (χ4v) is 2.08. The molecule has 0 radical (unpaired) electrons. The molecule has 0 unspecified atom stereocenters. The van der Waals surface area contributed by atoms with E-state index in [1.807, 2.05) is 0 Å². The predicted molar refractivity (Wildman–Crippen MR) is 72.4 cm³/mol. The van der Waals surface area contributed by atoms with Gasteiger partial charge in [-0.3, -0.25) is 4.79 Å². The number of carbonyl (C=O) groups excluding carboxylic acids is 1. The molecule has 4 nitrogen and oxygen atoms in total. The maximum Gasteiger partial charge on any atom is 0.237 e. The van der Waals surface area contributed by atoms with Gasteiger partial charge in [-0.25, -0.2) is 14.4 Å². The summed E-state index contributed by atoms with van der Waals surface area (Å²) < 4.78 is 13.4. The molecule has 1 aromatic heterocycles. The van der Waals surface area contributed by atoms with Crippen molar-refractivity contribution in [1.82, 2.24) is 9.97 Å². The van der Waals surface area contributed by atoms with Gasteiger partial charge in [-0.15, -0.1) is 0 Å². The summed E-state index contributed by atoms with van der Waals surface area (Å²) in [6.07, 6.45) is 3.22. The molecule has 0 bridgehead atoms. The third-order valence-electron chi connectivity index (χ3n) is 2.33. The van der Waals surface area contributed by atoms with Crippen LogP contribution in [0.25, 0.3) is 0 Å². The zero-order chi connectivity index (χ0) is 13.7. The monoisotopic (exact) mass is 277 g/mol. The number of anilines is 1. The Bertz CT molecular complexity index is 565. The highest BCUT2D eigenvalue weighted by Crippen LogP contribution is 2.20. The highest BCUT2D eigenvalue weighted by molar-refractivity contribution is 8.00. The van der Waals surface area contributed by atoms with E-state index < -0.39 is 11.1 Å². The van der Waals surface area contributed by atoms with Crippen LogP contribution in [-0.4, -0.2) is 21.1 Å². The van der Waals surface area contributed by atoms with Crippen molar-refractivity contribution in [2.45, 2.75) is 17.3 Å². The van der Waals surface area contributed by atoms with Crippen molar-refractivity contribution in [1.29, 1.82) is 0 Å². The minimum atomic E-state index is -0.455. The summed E-state index contributed by atoms with van der Waals surface area (Å²) in [5, 5.41) is 2.64. The SMILES string of the molecule is C[C@@H](Sc1ncccn1)C(=O)Nc1ccccc1F. The lowest BCUT2D eigenvalue weighted by molar-refractivity contribution is -0.115. The van der Waals surface area contributed by atoms with Crippen LogP contribution < -0.4 is 5.32 Å². The highest BCUT2D eigenvalue weighted by Gasteiger charge is 2.16. The fraction of sp³-hybridized carbons (Fsp3) is 0.154. The lowest BCUT2D eigenvalue weighted by atomic mass is 10.3. The first-order valence-corrected chi connectivity index (χ1v) is 6.54. The summed E-state index contributed by atoms with van der Waals surface area (Å²) in [5.41, 5.74) is 0.175. The van der Waals surface area contributed by atoms with Crippen molar-refractivity contribution in [3.63, 3.8) is 0 Å². The fourth-order valence-electron chi connectivity index (χ4n) is 1.35. The van der Waals surface area contributed by atoms with Crippen LogP contribution in [0.1, 0.15) is 6.92 Å². The number of carbonyl (C=O) groups is 1. The normalized spacial score (nSPS) is 11.9. The second-order valence-electron chi connectivity index (χ2n) is 3.76. The maximum atomic E-state index is 13.4. The van der Waals surface area contributed by atoms with E-state index in [1.165, 1.54) is 23.9 Å². The Hall–Kier alpha value is -1.95. The number of benzene rings is 1. The second kappa shape index (κ2) is 6.29. The molecule has 2 rings (SSSR count). The first kappa shape index (κ1) is 13.5. The molecule has 0 aliphatic heterocycles. The van der Waals surface area contributed by atoms with Crippen LogP contribution >= 0.6 is 11.8 Å². The van der Waals surface area contributed by atoms with Crippen LogP contribution in [0.15, 0.2) is 47.9 Å². The molecule has 0 saturated heterocycles. The molecule has 2 aromatic rings. The smallest absolute Gasteiger partial charge is 0.237 e. The van der Waals surface area contributed by atoms with Gasteiger partial charge < -0.3 is 5.32 Å². The molecule has 0 spiro atoms. The number of hydrogen-bond donors (Lipinski definition) is 1. The third kappa shape index (κ3) is 3.75. The Balaban J connectivity index is 1.99. The van der Waals surface area contributed by atoms with Gasteiger partial charge >= 0.3 is 0 Å². The Morgan fingerprint density at radius 3 is 2.63 bits per heavy atom. The summed E-state index contributed by atoms with van der Waals surface area (Å²) in [6, 6.07) is 7.75. The number of nitrogens with zero attached hydrogens (tertiary/aromatic N) is 2.